The number of anilines is 1. The second-order valence-electron chi connectivity index (χ2n) is 6.39. The molecule has 1 saturated carbocycles. The first-order valence-corrected chi connectivity index (χ1v) is 8.10. The van der Waals surface area contributed by atoms with E-state index >= 15 is 0 Å². The van der Waals surface area contributed by atoms with Crippen molar-refractivity contribution >= 4 is 5.95 Å². The zero-order valence-electron chi connectivity index (χ0n) is 13.4. The van der Waals surface area contributed by atoms with Gasteiger partial charge in [0.2, 0.25) is 5.95 Å². The van der Waals surface area contributed by atoms with Crippen molar-refractivity contribution in [2.75, 3.05) is 26.0 Å². The van der Waals surface area contributed by atoms with Crippen molar-refractivity contribution in [1.82, 2.24) is 14.5 Å². The number of nitrogens with one attached hydrogen (secondary N) is 1. The van der Waals surface area contributed by atoms with Crippen LogP contribution in [0.25, 0.3) is 0 Å². The molecule has 0 bridgehead atoms. The van der Waals surface area contributed by atoms with E-state index in [0.29, 0.717) is 6.04 Å². The molecular weight excluding hydrogens is 248 g/mol. The highest BCUT2D eigenvalue weighted by Gasteiger charge is 2.15. The predicted molar refractivity (Wildman–Crippen MR) is 85.2 cm³/mol. The number of hydrogen-bond donors (Lipinski definition) is 1. The average Bonchev–Trinajstić information content (AvgIpc) is 2.76. The van der Waals surface area contributed by atoms with E-state index in [0.717, 1.165) is 18.2 Å². The highest BCUT2D eigenvalue weighted by atomic mass is 15.2. The summed E-state index contributed by atoms with van der Waals surface area (Å²) in [6.45, 7) is 4.32. The van der Waals surface area contributed by atoms with Gasteiger partial charge in [-0.25, -0.2) is 4.98 Å². The molecule has 0 saturated heterocycles. The molecule has 20 heavy (non-hydrogen) atoms. The van der Waals surface area contributed by atoms with Crippen LogP contribution in [-0.4, -0.2) is 41.1 Å². The summed E-state index contributed by atoms with van der Waals surface area (Å²) in [4.78, 5) is 6.91. The van der Waals surface area contributed by atoms with Gasteiger partial charge in [-0.15, -0.1) is 0 Å². The Hall–Kier alpha value is -1.03. The van der Waals surface area contributed by atoms with Crippen molar-refractivity contribution in [3.05, 3.63) is 11.9 Å². The molecule has 0 aliphatic heterocycles. The third kappa shape index (κ3) is 4.82. The quantitative estimate of drug-likeness (QED) is 0.777. The van der Waals surface area contributed by atoms with E-state index in [1.54, 1.807) is 0 Å². The van der Waals surface area contributed by atoms with Crippen molar-refractivity contribution in [3.8, 4) is 0 Å². The highest BCUT2D eigenvalue weighted by Crippen LogP contribution is 2.21. The van der Waals surface area contributed by atoms with Crippen molar-refractivity contribution in [2.24, 2.45) is 0 Å². The zero-order chi connectivity index (χ0) is 14.4. The van der Waals surface area contributed by atoms with Gasteiger partial charge >= 0.3 is 0 Å². The van der Waals surface area contributed by atoms with Gasteiger partial charge < -0.3 is 14.8 Å². The maximum absolute atomic E-state index is 4.66. The molecule has 0 unspecified atom stereocenters. The number of hydrogen-bond acceptors (Lipinski definition) is 3. The van der Waals surface area contributed by atoms with Gasteiger partial charge in [0.15, 0.2) is 0 Å². The highest BCUT2D eigenvalue weighted by molar-refractivity contribution is 5.30. The third-order valence-electron chi connectivity index (χ3n) is 4.09. The molecule has 0 amide bonds. The maximum Gasteiger partial charge on any atom is 0.203 e. The summed E-state index contributed by atoms with van der Waals surface area (Å²) in [6.07, 6.45) is 11.4. The molecule has 0 aromatic carbocycles. The van der Waals surface area contributed by atoms with E-state index in [1.165, 1.54) is 51.5 Å². The van der Waals surface area contributed by atoms with E-state index in [1.807, 2.05) is 0 Å². The average molecular weight is 278 g/mol. The monoisotopic (exact) mass is 278 g/mol. The summed E-state index contributed by atoms with van der Waals surface area (Å²) in [5.74, 6) is 1.08. The largest absolute Gasteiger partial charge is 0.353 e. The summed E-state index contributed by atoms with van der Waals surface area (Å²) >= 11 is 0. The van der Waals surface area contributed by atoms with Crippen molar-refractivity contribution < 1.29 is 0 Å². The van der Waals surface area contributed by atoms with Crippen LogP contribution < -0.4 is 5.32 Å². The van der Waals surface area contributed by atoms with Crippen molar-refractivity contribution in [1.29, 1.82) is 0 Å². The lowest BCUT2D eigenvalue weighted by Crippen LogP contribution is -2.24. The van der Waals surface area contributed by atoms with E-state index < -0.39 is 0 Å². The minimum atomic E-state index is 0.631. The molecule has 1 aromatic heterocycles. The zero-order valence-corrected chi connectivity index (χ0v) is 13.4. The first-order chi connectivity index (χ1) is 9.65. The topological polar surface area (TPSA) is 33.1 Å². The molecule has 1 aliphatic rings. The van der Waals surface area contributed by atoms with E-state index in [-0.39, 0.29) is 0 Å². The van der Waals surface area contributed by atoms with Crippen LogP contribution in [0.15, 0.2) is 6.20 Å². The van der Waals surface area contributed by atoms with E-state index in [4.69, 9.17) is 0 Å². The van der Waals surface area contributed by atoms with E-state index in [9.17, 15) is 0 Å². The fraction of sp³-hybridized carbons (Fsp3) is 0.812. The number of aryl methyl sites for hydroxylation is 2. The van der Waals surface area contributed by atoms with Gasteiger partial charge in [-0.1, -0.05) is 19.3 Å². The number of imidazole rings is 1. The SMILES string of the molecule is Cc1cn(CCCCN(C)C)c(NC2CCCCC2)n1. The van der Waals surface area contributed by atoms with Crippen LogP contribution in [0.4, 0.5) is 5.95 Å². The summed E-state index contributed by atoms with van der Waals surface area (Å²) in [5, 5.41) is 3.66. The molecule has 0 spiro atoms. The first kappa shape index (κ1) is 15.4. The van der Waals surface area contributed by atoms with Gasteiger partial charge in [-0.05, 0) is 53.2 Å². The van der Waals surface area contributed by atoms with Crippen molar-refractivity contribution in [3.63, 3.8) is 0 Å². The second kappa shape index (κ2) is 7.67. The van der Waals surface area contributed by atoms with Crippen LogP contribution in [0.1, 0.15) is 50.6 Å². The molecule has 0 atom stereocenters. The lowest BCUT2D eigenvalue weighted by Gasteiger charge is -2.23. The van der Waals surface area contributed by atoms with Crippen LogP contribution in [0.3, 0.4) is 0 Å². The Kier molecular flexibility index (Phi) is 5.89. The van der Waals surface area contributed by atoms with Crippen LogP contribution in [0.5, 0.6) is 0 Å². The van der Waals surface area contributed by atoms with Gasteiger partial charge in [-0.3, -0.25) is 0 Å². The Morgan fingerprint density at radius 2 is 2.00 bits per heavy atom. The minimum absolute atomic E-state index is 0.631. The van der Waals surface area contributed by atoms with Crippen molar-refractivity contribution in [2.45, 2.75) is 64.5 Å². The summed E-state index contributed by atoms with van der Waals surface area (Å²) in [5.41, 5.74) is 1.12. The molecule has 4 nitrogen and oxygen atoms in total. The second-order valence-corrected chi connectivity index (χ2v) is 6.39. The summed E-state index contributed by atoms with van der Waals surface area (Å²) in [6, 6.07) is 0.631. The third-order valence-corrected chi connectivity index (χ3v) is 4.09. The van der Waals surface area contributed by atoms with Gasteiger partial charge in [0.1, 0.15) is 0 Å². The van der Waals surface area contributed by atoms with Crippen LogP contribution >= 0.6 is 0 Å². The lowest BCUT2D eigenvalue weighted by molar-refractivity contribution is 0.387. The van der Waals surface area contributed by atoms with Crippen LogP contribution in [0, 0.1) is 6.92 Å². The van der Waals surface area contributed by atoms with Gasteiger partial charge in [-0.2, -0.15) is 0 Å². The molecule has 1 aromatic rings. The van der Waals surface area contributed by atoms with E-state index in [2.05, 4.69) is 47.0 Å². The molecule has 4 heteroatoms. The molecule has 114 valence electrons. The number of rotatable bonds is 7. The summed E-state index contributed by atoms with van der Waals surface area (Å²) < 4.78 is 2.31. The smallest absolute Gasteiger partial charge is 0.203 e. The van der Waals surface area contributed by atoms with Crippen LogP contribution in [0.2, 0.25) is 0 Å². The Bertz CT molecular complexity index is 391. The lowest BCUT2D eigenvalue weighted by atomic mass is 9.96. The number of unbranched alkanes of at least 4 members (excludes halogenated alkanes) is 1. The summed E-state index contributed by atoms with van der Waals surface area (Å²) in [7, 11) is 4.27. The Balaban J connectivity index is 1.84. The maximum atomic E-state index is 4.66. The minimum Gasteiger partial charge on any atom is -0.353 e. The van der Waals surface area contributed by atoms with Crippen LogP contribution in [-0.2, 0) is 6.54 Å². The fourth-order valence-electron chi connectivity index (χ4n) is 2.97. The molecule has 1 aliphatic carbocycles. The predicted octanol–water partition coefficient (Wildman–Crippen LogP) is 3.28. The fourth-order valence-corrected chi connectivity index (χ4v) is 2.97. The van der Waals surface area contributed by atoms with Gasteiger partial charge in [0, 0.05) is 18.8 Å². The number of aromatic nitrogens is 2. The molecule has 1 heterocycles. The first-order valence-electron chi connectivity index (χ1n) is 8.10. The van der Waals surface area contributed by atoms with Gasteiger partial charge in [0.05, 0.1) is 5.69 Å². The molecule has 0 radical (unpaired) electrons. The van der Waals surface area contributed by atoms with Gasteiger partial charge in [0.25, 0.3) is 0 Å². The Morgan fingerprint density at radius 1 is 1.25 bits per heavy atom. The molecule has 2 rings (SSSR count). The number of nitrogens with zero attached hydrogens (tertiary/aromatic N) is 3. The molecule has 1 fully saturated rings. The Labute approximate surface area is 123 Å². The molecule has 1 N–H and O–H groups in total. The molecular formula is C16H30N4. The standard InChI is InChI=1S/C16H30N4/c1-14-13-20(12-8-7-11-19(2)3)16(17-14)18-15-9-5-4-6-10-15/h13,15H,4-12H2,1-3H3,(H,17,18). The normalized spacial score (nSPS) is 16.8. The Morgan fingerprint density at radius 3 is 2.70 bits per heavy atom.